The van der Waals surface area contributed by atoms with Gasteiger partial charge in [-0.3, -0.25) is 4.57 Å². The van der Waals surface area contributed by atoms with E-state index in [9.17, 15) is 0 Å². The lowest BCUT2D eigenvalue weighted by atomic mass is 10.1. The van der Waals surface area contributed by atoms with Gasteiger partial charge >= 0.3 is 0 Å². The van der Waals surface area contributed by atoms with Crippen molar-refractivity contribution in [2.75, 3.05) is 0 Å². The molecule has 0 amide bonds. The van der Waals surface area contributed by atoms with E-state index in [1.54, 1.807) is 0 Å². The highest BCUT2D eigenvalue weighted by Crippen LogP contribution is 2.34. The summed E-state index contributed by atoms with van der Waals surface area (Å²) in [5.74, 6) is 0. The number of aromatic nitrogens is 4. The fourth-order valence-electron chi connectivity index (χ4n) is 4.73. The van der Waals surface area contributed by atoms with Crippen LogP contribution in [-0.2, 0) is 0 Å². The van der Waals surface area contributed by atoms with Crippen LogP contribution in [-0.4, -0.2) is 19.5 Å². The molecule has 0 unspecified atom stereocenters. The van der Waals surface area contributed by atoms with Crippen LogP contribution >= 0.6 is 0 Å². The Labute approximate surface area is 202 Å². The van der Waals surface area contributed by atoms with E-state index in [1.807, 2.05) is 60.7 Å². The van der Waals surface area contributed by atoms with Crippen LogP contribution < -0.4 is 0 Å². The Morgan fingerprint density at radius 3 is 1.69 bits per heavy atom. The Hall–Kier alpha value is -4.83. The summed E-state index contributed by atoms with van der Waals surface area (Å²) in [7, 11) is 0. The van der Waals surface area contributed by atoms with Crippen LogP contribution in [0.4, 0.5) is 0 Å². The zero-order valence-corrected chi connectivity index (χ0v) is 18.8. The van der Waals surface area contributed by atoms with E-state index in [2.05, 4.69) is 65.2 Å². The van der Waals surface area contributed by atoms with E-state index >= 15 is 0 Å². The third kappa shape index (κ3) is 3.27. The molecule has 0 N–H and O–H groups in total. The van der Waals surface area contributed by atoms with Crippen molar-refractivity contribution in [3.8, 4) is 28.2 Å². The molecule has 0 fully saturated rings. The van der Waals surface area contributed by atoms with Crippen LogP contribution in [0.2, 0.25) is 0 Å². The van der Waals surface area contributed by atoms with Gasteiger partial charge in [-0.15, -0.1) is 0 Å². The predicted octanol–water partition coefficient (Wildman–Crippen LogP) is 7.46. The topological polar surface area (TPSA) is 43.6 Å². The minimum Gasteiger partial charge on any atom is -0.292 e. The molecular weight excluding hydrogens is 428 g/mol. The van der Waals surface area contributed by atoms with Crippen molar-refractivity contribution < 1.29 is 0 Å². The van der Waals surface area contributed by atoms with Crippen LogP contribution in [0.5, 0.6) is 0 Å². The van der Waals surface area contributed by atoms with Gasteiger partial charge in [-0.25, -0.2) is 15.0 Å². The summed E-state index contributed by atoms with van der Waals surface area (Å²) in [5, 5.41) is 1.08. The third-order valence-electron chi connectivity index (χ3n) is 6.37. The number of benzene rings is 4. The van der Waals surface area contributed by atoms with Gasteiger partial charge in [0, 0.05) is 16.5 Å². The van der Waals surface area contributed by atoms with E-state index in [0.29, 0.717) is 0 Å². The molecule has 3 aromatic heterocycles. The number of rotatable bonds is 3. The zero-order chi connectivity index (χ0) is 23.2. The highest BCUT2D eigenvalue weighted by molar-refractivity contribution is 6.07. The first-order valence-corrected chi connectivity index (χ1v) is 11.6. The summed E-state index contributed by atoms with van der Waals surface area (Å²) in [6.45, 7) is 0. The maximum absolute atomic E-state index is 5.08. The Morgan fingerprint density at radius 1 is 0.486 bits per heavy atom. The van der Waals surface area contributed by atoms with Gasteiger partial charge in [-0.2, -0.15) is 0 Å². The molecular formula is C31H20N4. The van der Waals surface area contributed by atoms with Gasteiger partial charge in [0.25, 0.3) is 0 Å². The van der Waals surface area contributed by atoms with Crippen LogP contribution in [0.15, 0.2) is 121 Å². The molecule has 4 heteroatoms. The van der Waals surface area contributed by atoms with E-state index in [4.69, 9.17) is 15.0 Å². The maximum Gasteiger partial charge on any atom is 0.165 e. The van der Waals surface area contributed by atoms with Crippen molar-refractivity contribution in [2.45, 2.75) is 0 Å². The Balaban J connectivity index is 1.59. The molecule has 0 saturated heterocycles. The standard InChI is InChI=1S/C31H20N4/c1-3-11-21(12-4-1)27-19-23(20-28(32-27)22-13-5-2-6-14-22)35-29-18-10-7-15-24(29)30-31(35)34-26-17-9-8-16-25(26)33-30/h1-20H. The van der Waals surface area contributed by atoms with Crippen molar-refractivity contribution in [1.29, 1.82) is 0 Å². The van der Waals surface area contributed by atoms with Crippen molar-refractivity contribution in [2.24, 2.45) is 0 Å². The molecule has 7 aromatic rings. The second-order valence-corrected chi connectivity index (χ2v) is 8.56. The predicted molar refractivity (Wildman–Crippen MR) is 143 cm³/mol. The van der Waals surface area contributed by atoms with Crippen molar-refractivity contribution in [3.63, 3.8) is 0 Å². The van der Waals surface area contributed by atoms with E-state index in [-0.39, 0.29) is 0 Å². The number of para-hydroxylation sites is 3. The minimum absolute atomic E-state index is 0.842. The lowest BCUT2D eigenvalue weighted by Gasteiger charge is -2.12. The SMILES string of the molecule is c1ccc(-c2cc(-n3c4ccccc4c4nc5ccccc5nc43)cc(-c3ccccc3)n2)cc1. The molecule has 4 aromatic carbocycles. The molecule has 0 atom stereocenters. The monoisotopic (exact) mass is 448 g/mol. The van der Waals surface area contributed by atoms with Gasteiger partial charge in [0.1, 0.15) is 5.52 Å². The molecule has 7 rings (SSSR count). The first-order chi connectivity index (χ1) is 17.3. The molecule has 164 valence electrons. The number of nitrogens with zero attached hydrogens (tertiary/aromatic N) is 4. The molecule has 0 radical (unpaired) electrons. The summed E-state index contributed by atoms with van der Waals surface area (Å²) in [6.07, 6.45) is 0. The highest BCUT2D eigenvalue weighted by atomic mass is 15.1. The maximum atomic E-state index is 5.08. The van der Waals surface area contributed by atoms with Crippen LogP contribution in [0.25, 0.3) is 61.3 Å². The van der Waals surface area contributed by atoms with Crippen molar-refractivity contribution in [1.82, 2.24) is 19.5 Å². The molecule has 0 bridgehead atoms. The Morgan fingerprint density at radius 2 is 1.03 bits per heavy atom. The summed E-state index contributed by atoms with van der Waals surface area (Å²) in [4.78, 5) is 15.1. The summed E-state index contributed by atoms with van der Waals surface area (Å²) in [6, 6.07) is 41.3. The second kappa shape index (κ2) is 7.89. The Kier molecular flexibility index (Phi) is 4.42. The summed E-state index contributed by atoms with van der Waals surface area (Å²) >= 11 is 0. The van der Waals surface area contributed by atoms with Crippen molar-refractivity contribution >= 4 is 33.1 Å². The number of fused-ring (bicyclic) bond motifs is 4. The minimum atomic E-state index is 0.842. The second-order valence-electron chi connectivity index (χ2n) is 8.56. The van der Waals surface area contributed by atoms with Gasteiger partial charge in [0.2, 0.25) is 0 Å². The molecule has 0 aliphatic rings. The smallest absolute Gasteiger partial charge is 0.165 e. The number of hydrogen-bond acceptors (Lipinski definition) is 3. The van der Waals surface area contributed by atoms with Crippen LogP contribution in [0.1, 0.15) is 0 Å². The molecule has 0 aliphatic carbocycles. The van der Waals surface area contributed by atoms with Gasteiger partial charge in [0.15, 0.2) is 5.65 Å². The van der Waals surface area contributed by atoms with Crippen LogP contribution in [0.3, 0.4) is 0 Å². The average Bonchev–Trinajstić information content (AvgIpc) is 3.26. The quantitative estimate of drug-likeness (QED) is 0.282. The fourth-order valence-corrected chi connectivity index (χ4v) is 4.73. The number of hydrogen-bond donors (Lipinski definition) is 0. The van der Waals surface area contributed by atoms with E-state index in [0.717, 1.165) is 61.3 Å². The lowest BCUT2D eigenvalue weighted by Crippen LogP contribution is -1.99. The molecule has 0 aliphatic heterocycles. The molecule has 3 heterocycles. The molecule has 0 spiro atoms. The Bertz CT molecular complexity index is 1780. The van der Waals surface area contributed by atoms with Gasteiger partial charge in [0.05, 0.1) is 33.6 Å². The average molecular weight is 449 g/mol. The van der Waals surface area contributed by atoms with Gasteiger partial charge in [-0.05, 0) is 30.3 Å². The van der Waals surface area contributed by atoms with Gasteiger partial charge < -0.3 is 0 Å². The fraction of sp³-hybridized carbons (Fsp3) is 0. The van der Waals surface area contributed by atoms with Crippen molar-refractivity contribution in [3.05, 3.63) is 121 Å². The lowest BCUT2D eigenvalue weighted by molar-refractivity contribution is 1.13. The van der Waals surface area contributed by atoms with E-state index < -0.39 is 0 Å². The highest BCUT2D eigenvalue weighted by Gasteiger charge is 2.17. The van der Waals surface area contributed by atoms with E-state index in [1.165, 1.54) is 0 Å². The zero-order valence-electron chi connectivity index (χ0n) is 18.8. The van der Waals surface area contributed by atoms with Crippen LogP contribution in [0, 0.1) is 0 Å². The first-order valence-electron chi connectivity index (χ1n) is 11.6. The molecule has 35 heavy (non-hydrogen) atoms. The normalized spacial score (nSPS) is 11.4. The summed E-state index contributed by atoms with van der Waals surface area (Å²) < 4.78 is 2.21. The van der Waals surface area contributed by atoms with Gasteiger partial charge in [-0.1, -0.05) is 91.0 Å². The largest absolute Gasteiger partial charge is 0.292 e. The molecule has 0 saturated carbocycles. The third-order valence-corrected chi connectivity index (χ3v) is 6.37. The number of pyridine rings is 1. The first kappa shape index (κ1) is 19.6. The molecule has 4 nitrogen and oxygen atoms in total. The summed E-state index contributed by atoms with van der Waals surface area (Å²) in [5.41, 5.74) is 9.58.